The van der Waals surface area contributed by atoms with Gasteiger partial charge in [0.2, 0.25) is 11.9 Å². The summed E-state index contributed by atoms with van der Waals surface area (Å²) in [5, 5.41) is 10.8. The van der Waals surface area contributed by atoms with E-state index < -0.39 is 6.04 Å². The van der Waals surface area contributed by atoms with Crippen LogP contribution in [0.15, 0.2) is 79.7 Å². The molecule has 3 N–H and O–H groups in total. The van der Waals surface area contributed by atoms with Crippen LogP contribution in [-0.4, -0.2) is 43.0 Å². The van der Waals surface area contributed by atoms with Gasteiger partial charge in [-0.05, 0) is 60.1 Å². The van der Waals surface area contributed by atoms with Gasteiger partial charge in [-0.25, -0.2) is 4.98 Å². The Morgan fingerprint density at radius 3 is 2.67 bits per heavy atom. The van der Waals surface area contributed by atoms with Crippen molar-refractivity contribution in [1.82, 2.24) is 29.8 Å². The van der Waals surface area contributed by atoms with Gasteiger partial charge in [-0.3, -0.25) is 14.3 Å². The van der Waals surface area contributed by atoms with Crippen molar-refractivity contribution in [3.8, 4) is 5.82 Å². The molecule has 218 valence electrons. The first-order chi connectivity index (χ1) is 20.5. The Balaban J connectivity index is 1.38. The fourth-order valence-corrected chi connectivity index (χ4v) is 5.59. The maximum atomic E-state index is 13.7. The molecular formula is C31H34Cl2N8O. The molecule has 0 unspecified atom stereocenters. The number of amides is 1. The lowest BCUT2D eigenvalue weighted by Gasteiger charge is -2.30. The fourth-order valence-electron chi connectivity index (χ4n) is 5.11. The second kappa shape index (κ2) is 14.3. The largest absolute Gasteiger partial charge is 0.355 e. The molecule has 3 heterocycles. The van der Waals surface area contributed by atoms with Crippen molar-refractivity contribution in [3.05, 3.63) is 101 Å². The minimum absolute atomic E-state index is 0.203. The zero-order chi connectivity index (χ0) is 29.3. The molecule has 5 rings (SSSR count). The van der Waals surface area contributed by atoms with Gasteiger partial charge in [-0.1, -0.05) is 61.2 Å². The van der Waals surface area contributed by atoms with Gasteiger partial charge in [0, 0.05) is 54.0 Å². The van der Waals surface area contributed by atoms with E-state index in [1.54, 1.807) is 41.5 Å². The number of hydrogen-bond acceptors (Lipinski definition) is 7. The summed E-state index contributed by atoms with van der Waals surface area (Å²) in [5.74, 6) is 1.59. The molecule has 1 atom stereocenters. The van der Waals surface area contributed by atoms with Gasteiger partial charge in [-0.2, -0.15) is 9.97 Å². The predicted molar refractivity (Wildman–Crippen MR) is 167 cm³/mol. The average molecular weight is 606 g/mol. The Bertz CT molecular complexity index is 1490. The van der Waals surface area contributed by atoms with Crippen LogP contribution in [0, 0.1) is 5.92 Å². The molecule has 9 nitrogen and oxygen atoms in total. The summed E-state index contributed by atoms with van der Waals surface area (Å²) < 4.78 is 1.80. The first-order valence-corrected chi connectivity index (χ1v) is 14.9. The van der Waals surface area contributed by atoms with Gasteiger partial charge in [0.05, 0.1) is 0 Å². The van der Waals surface area contributed by atoms with Crippen molar-refractivity contribution in [3.63, 3.8) is 0 Å². The molecule has 11 heteroatoms. The summed E-state index contributed by atoms with van der Waals surface area (Å²) in [6, 6.07) is 10.3. The molecule has 0 bridgehead atoms. The van der Waals surface area contributed by atoms with Crippen LogP contribution in [0.1, 0.15) is 43.2 Å². The Morgan fingerprint density at radius 1 is 1.07 bits per heavy atom. The second-order valence-electron chi connectivity index (χ2n) is 10.4. The Morgan fingerprint density at radius 2 is 1.93 bits per heavy atom. The van der Waals surface area contributed by atoms with E-state index in [0.717, 1.165) is 48.8 Å². The van der Waals surface area contributed by atoms with Crippen LogP contribution < -0.4 is 16.0 Å². The van der Waals surface area contributed by atoms with Crippen molar-refractivity contribution in [2.24, 2.45) is 5.92 Å². The molecule has 1 saturated carbocycles. The summed E-state index contributed by atoms with van der Waals surface area (Å²) in [6.07, 6.45) is 15.0. The standard InChI is InChI=1S/C31H34Cl2N8O/c1-21(23-7-3-2-4-8-23)29(30(42)37-19-24-9-10-25(32)16-26(24)33)38-27-17-28(41-15-14-35-20-41)40-31(39-27)36-13-11-22-6-5-12-34-18-22/h5-6,9-10,12,14-18,20,23,29H,1-4,7-8,11,13,19H2,(H,37,42)(H2,36,38,39,40)/t29-/m1/s1. The van der Waals surface area contributed by atoms with Gasteiger partial charge < -0.3 is 16.0 Å². The zero-order valence-electron chi connectivity index (χ0n) is 23.3. The molecule has 1 aromatic carbocycles. The van der Waals surface area contributed by atoms with E-state index in [1.807, 2.05) is 30.6 Å². The van der Waals surface area contributed by atoms with E-state index >= 15 is 0 Å². The Hall–Kier alpha value is -3.95. The van der Waals surface area contributed by atoms with Gasteiger partial charge >= 0.3 is 0 Å². The minimum atomic E-state index is -0.701. The number of anilines is 2. The van der Waals surface area contributed by atoms with Gasteiger partial charge in [0.15, 0.2) is 0 Å². The highest BCUT2D eigenvalue weighted by molar-refractivity contribution is 6.35. The first-order valence-electron chi connectivity index (χ1n) is 14.1. The van der Waals surface area contributed by atoms with Gasteiger partial charge in [0.1, 0.15) is 24.0 Å². The van der Waals surface area contributed by atoms with Crippen LogP contribution in [0.3, 0.4) is 0 Å². The number of benzene rings is 1. The first kappa shape index (κ1) is 29.5. The predicted octanol–water partition coefficient (Wildman–Crippen LogP) is 6.25. The fraction of sp³-hybridized carbons (Fsp3) is 0.323. The average Bonchev–Trinajstić information content (AvgIpc) is 3.55. The molecule has 1 aliphatic carbocycles. The maximum Gasteiger partial charge on any atom is 0.247 e. The monoisotopic (exact) mass is 604 g/mol. The molecule has 1 amide bonds. The number of hydrogen-bond donors (Lipinski definition) is 3. The van der Waals surface area contributed by atoms with Crippen LogP contribution in [0.25, 0.3) is 5.82 Å². The highest BCUT2D eigenvalue weighted by Crippen LogP contribution is 2.32. The number of aromatic nitrogens is 5. The minimum Gasteiger partial charge on any atom is -0.355 e. The highest BCUT2D eigenvalue weighted by Gasteiger charge is 2.29. The van der Waals surface area contributed by atoms with Crippen LogP contribution >= 0.6 is 23.2 Å². The van der Waals surface area contributed by atoms with Crippen molar-refractivity contribution < 1.29 is 4.79 Å². The molecule has 1 fully saturated rings. The highest BCUT2D eigenvalue weighted by atomic mass is 35.5. The van der Waals surface area contributed by atoms with Crippen LogP contribution in [0.2, 0.25) is 10.0 Å². The van der Waals surface area contributed by atoms with E-state index in [0.29, 0.717) is 34.2 Å². The molecule has 4 aromatic rings. The molecule has 0 aliphatic heterocycles. The summed E-state index contributed by atoms with van der Waals surface area (Å²) in [5.41, 5.74) is 2.74. The summed E-state index contributed by atoms with van der Waals surface area (Å²) in [7, 11) is 0. The van der Waals surface area contributed by atoms with Gasteiger partial charge in [0.25, 0.3) is 0 Å². The third-order valence-corrected chi connectivity index (χ3v) is 8.01. The zero-order valence-corrected chi connectivity index (χ0v) is 24.8. The van der Waals surface area contributed by atoms with Crippen molar-refractivity contribution in [2.45, 2.75) is 51.1 Å². The summed E-state index contributed by atoms with van der Waals surface area (Å²) >= 11 is 12.4. The SMILES string of the molecule is C=C(C1CCCCC1)[C@@H](Nc1cc(-n2ccnc2)nc(NCCc2cccnc2)n1)C(=O)NCc1ccc(Cl)cc1Cl. The number of nitrogens with one attached hydrogen (secondary N) is 3. The normalized spacial score (nSPS) is 14.2. The second-order valence-corrected chi connectivity index (χ2v) is 11.2. The number of nitrogens with zero attached hydrogens (tertiary/aromatic N) is 5. The molecular weight excluding hydrogens is 571 g/mol. The summed E-state index contributed by atoms with van der Waals surface area (Å²) in [6.45, 7) is 5.28. The van der Waals surface area contributed by atoms with E-state index in [1.165, 1.54) is 6.42 Å². The molecule has 1 aliphatic rings. The lowest BCUT2D eigenvalue weighted by atomic mass is 9.81. The molecule has 42 heavy (non-hydrogen) atoms. The smallest absolute Gasteiger partial charge is 0.247 e. The maximum absolute atomic E-state index is 13.7. The van der Waals surface area contributed by atoms with E-state index in [9.17, 15) is 4.79 Å². The Kier molecular flexibility index (Phi) is 10.0. The lowest BCUT2D eigenvalue weighted by Crippen LogP contribution is -2.42. The number of carbonyl (C=O) groups is 1. The number of carbonyl (C=O) groups excluding carboxylic acids is 1. The van der Waals surface area contributed by atoms with Crippen LogP contribution in [0.4, 0.5) is 11.8 Å². The molecule has 3 aromatic heterocycles. The number of rotatable bonds is 12. The lowest BCUT2D eigenvalue weighted by molar-refractivity contribution is -0.121. The third kappa shape index (κ3) is 7.86. The van der Waals surface area contributed by atoms with E-state index in [4.69, 9.17) is 28.2 Å². The third-order valence-electron chi connectivity index (χ3n) is 7.42. The van der Waals surface area contributed by atoms with Crippen molar-refractivity contribution in [2.75, 3.05) is 17.2 Å². The number of imidazole rings is 1. The molecule has 0 radical (unpaired) electrons. The van der Waals surface area contributed by atoms with E-state index in [-0.39, 0.29) is 18.4 Å². The van der Waals surface area contributed by atoms with E-state index in [2.05, 4.69) is 37.5 Å². The Labute approximate surface area is 255 Å². The quantitative estimate of drug-likeness (QED) is 0.164. The van der Waals surface area contributed by atoms with Crippen molar-refractivity contribution >= 4 is 40.9 Å². The molecule has 0 spiro atoms. The summed E-state index contributed by atoms with van der Waals surface area (Å²) in [4.78, 5) is 31.5. The number of halogens is 2. The van der Waals surface area contributed by atoms with Crippen molar-refractivity contribution in [1.29, 1.82) is 0 Å². The van der Waals surface area contributed by atoms with Gasteiger partial charge in [-0.15, -0.1) is 0 Å². The van der Waals surface area contributed by atoms with Crippen LogP contribution in [-0.2, 0) is 17.8 Å². The van der Waals surface area contributed by atoms with Crippen LogP contribution in [0.5, 0.6) is 0 Å². The topological polar surface area (TPSA) is 110 Å². The molecule has 0 saturated heterocycles. The number of pyridine rings is 1.